The van der Waals surface area contributed by atoms with Crippen LogP contribution < -0.4 is 0 Å². The van der Waals surface area contributed by atoms with Crippen LogP contribution in [0.15, 0.2) is 79.7 Å². The molecule has 8 heteroatoms. The molecule has 0 amide bonds. The number of sulfonamides is 1. The van der Waals surface area contributed by atoms with Gasteiger partial charge in [-0.3, -0.25) is 4.98 Å². The van der Waals surface area contributed by atoms with E-state index in [0.29, 0.717) is 15.5 Å². The Labute approximate surface area is 145 Å². The second-order valence-electron chi connectivity index (χ2n) is 5.00. The maximum absolute atomic E-state index is 12.7. The van der Waals surface area contributed by atoms with E-state index in [-0.39, 0.29) is 4.21 Å². The SMILES string of the molecule is CS(=O)(=NS(=O)(=O)c1ccc(-c2ccccn2)s1)c1ccccc1. The van der Waals surface area contributed by atoms with Gasteiger partial charge in [0.2, 0.25) is 0 Å². The Balaban J connectivity index is 2.02. The zero-order valence-corrected chi connectivity index (χ0v) is 15.1. The first-order valence-corrected chi connectivity index (χ1v) is 11.1. The van der Waals surface area contributed by atoms with Gasteiger partial charge in [0, 0.05) is 17.3 Å². The Morgan fingerprint density at radius 1 is 0.917 bits per heavy atom. The van der Waals surface area contributed by atoms with E-state index in [1.165, 1.54) is 12.3 Å². The first kappa shape index (κ1) is 16.8. The summed E-state index contributed by atoms with van der Waals surface area (Å²) in [6, 6.07) is 16.9. The van der Waals surface area contributed by atoms with Gasteiger partial charge in [0.05, 0.1) is 20.3 Å². The van der Waals surface area contributed by atoms with E-state index in [0.717, 1.165) is 11.3 Å². The molecule has 0 N–H and O–H groups in total. The highest BCUT2D eigenvalue weighted by atomic mass is 32.3. The number of benzene rings is 1. The minimum atomic E-state index is -4.01. The van der Waals surface area contributed by atoms with Crippen molar-refractivity contribution in [2.45, 2.75) is 9.10 Å². The molecule has 0 aliphatic carbocycles. The Hall–Kier alpha value is -2.03. The average molecular weight is 379 g/mol. The van der Waals surface area contributed by atoms with Gasteiger partial charge in [-0.25, -0.2) is 4.21 Å². The van der Waals surface area contributed by atoms with Gasteiger partial charge < -0.3 is 0 Å². The molecule has 5 nitrogen and oxygen atoms in total. The molecule has 2 aromatic heterocycles. The molecular weight excluding hydrogens is 364 g/mol. The smallest absolute Gasteiger partial charge is 0.255 e. The summed E-state index contributed by atoms with van der Waals surface area (Å²) in [5.74, 6) is 0. The number of rotatable bonds is 4. The lowest BCUT2D eigenvalue weighted by Gasteiger charge is -2.03. The van der Waals surface area contributed by atoms with Crippen LogP contribution in [0.4, 0.5) is 0 Å². The molecule has 3 aromatic rings. The maximum atomic E-state index is 12.7. The third-order valence-corrected chi connectivity index (χ3v) is 8.67. The van der Waals surface area contributed by atoms with Crippen LogP contribution in [0.5, 0.6) is 0 Å². The lowest BCUT2D eigenvalue weighted by Crippen LogP contribution is -2.03. The summed E-state index contributed by atoms with van der Waals surface area (Å²) in [4.78, 5) is 5.29. The second-order valence-corrected chi connectivity index (χ2v) is 10.4. The van der Waals surface area contributed by atoms with Crippen molar-refractivity contribution >= 4 is 31.1 Å². The largest absolute Gasteiger partial charge is 0.299 e. The van der Waals surface area contributed by atoms with Gasteiger partial charge in [-0.05, 0) is 36.4 Å². The summed E-state index contributed by atoms with van der Waals surface area (Å²) < 4.78 is 41.4. The molecule has 0 spiro atoms. The summed E-state index contributed by atoms with van der Waals surface area (Å²) in [5, 5.41) is 0. The summed E-state index contributed by atoms with van der Waals surface area (Å²) in [5.41, 5.74) is 0.684. The first-order valence-electron chi connectivity index (χ1n) is 6.93. The Kier molecular flexibility index (Phi) is 4.53. The van der Waals surface area contributed by atoms with Crippen molar-refractivity contribution < 1.29 is 12.6 Å². The highest BCUT2D eigenvalue weighted by Gasteiger charge is 2.20. The van der Waals surface area contributed by atoms with Crippen molar-refractivity contribution in [1.82, 2.24) is 4.98 Å². The quantitative estimate of drug-likeness (QED) is 0.694. The zero-order valence-electron chi connectivity index (χ0n) is 12.7. The van der Waals surface area contributed by atoms with Crippen molar-refractivity contribution in [3.05, 3.63) is 66.9 Å². The molecule has 0 aliphatic rings. The average Bonchev–Trinajstić information content (AvgIpc) is 3.07. The molecule has 0 saturated heterocycles. The van der Waals surface area contributed by atoms with Gasteiger partial charge >= 0.3 is 0 Å². The predicted octanol–water partition coefficient (Wildman–Crippen LogP) is 3.66. The Morgan fingerprint density at radius 2 is 1.62 bits per heavy atom. The molecule has 1 unspecified atom stereocenters. The molecule has 24 heavy (non-hydrogen) atoms. The monoisotopic (exact) mass is 378 g/mol. The lowest BCUT2D eigenvalue weighted by atomic mass is 10.3. The molecule has 3 rings (SSSR count). The summed E-state index contributed by atoms with van der Waals surface area (Å²) in [7, 11) is -7.06. The number of nitrogens with zero attached hydrogens (tertiary/aromatic N) is 2. The van der Waals surface area contributed by atoms with Gasteiger partial charge in [0.1, 0.15) is 4.21 Å². The van der Waals surface area contributed by atoms with Crippen molar-refractivity contribution in [2.75, 3.05) is 6.26 Å². The highest BCUT2D eigenvalue weighted by Crippen LogP contribution is 2.31. The van der Waals surface area contributed by atoms with Crippen LogP contribution in [-0.2, 0) is 19.8 Å². The fourth-order valence-corrected chi connectivity index (χ4v) is 6.76. The first-order chi connectivity index (χ1) is 11.4. The van der Waals surface area contributed by atoms with Gasteiger partial charge in [-0.1, -0.05) is 24.3 Å². The number of aromatic nitrogens is 1. The van der Waals surface area contributed by atoms with E-state index in [1.807, 2.05) is 6.07 Å². The molecule has 124 valence electrons. The van der Waals surface area contributed by atoms with E-state index in [9.17, 15) is 12.6 Å². The predicted molar refractivity (Wildman–Crippen MR) is 95.9 cm³/mol. The molecule has 1 aromatic carbocycles. The summed E-state index contributed by atoms with van der Waals surface area (Å²) in [6.07, 6.45) is 2.97. The van der Waals surface area contributed by atoms with Crippen LogP contribution in [0.1, 0.15) is 0 Å². The fourth-order valence-electron chi connectivity index (χ4n) is 2.04. The third-order valence-electron chi connectivity index (χ3n) is 3.17. The molecule has 0 saturated carbocycles. The number of hydrogen-bond acceptors (Lipinski definition) is 5. The molecule has 2 heterocycles. The summed E-state index contributed by atoms with van der Waals surface area (Å²) >= 11 is 1.06. The second kappa shape index (κ2) is 6.46. The van der Waals surface area contributed by atoms with Crippen LogP contribution in [-0.4, -0.2) is 23.9 Å². The van der Waals surface area contributed by atoms with Crippen LogP contribution in [0.3, 0.4) is 0 Å². The third kappa shape index (κ3) is 3.55. The van der Waals surface area contributed by atoms with Gasteiger partial charge in [-0.15, -0.1) is 15.1 Å². The Bertz CT molecular complexity index is 1070. The molecule has 0 fully saturated rings. The van der Waals surface area contributed by atoms with E-state index in [2.05, 4.69) is 8.75 Å². The van der Waals surface area contributed by atoms with Crippen LogP contribution in [0, 0.1) is 0 Å². The standard InChI is InChI=1S/C16H14N2O3S3/c1-23(19,13-7-3-2-4-8-13)18-24(20,21)16-11-10-15(22-16)14-9-5-6-12-17-14/h2-12H,1H3. The van der Waals surface area contributed by atoms with Crippen LogP contribution >= 0.6 is 11.3 Å². The maximum Gasteiger partial charge on any atom is 0.299 e. The van der Waals surface area contributed by atoms with E-state index in [1.54, 1.807) is 54.7 Å². The number of hydrogen-bond donors (Lipinski definition) is 0. The van der Waals surface area contributed by atoms with Crippen LogP contribution in [0.25, 0.3) is 10.6 Å². The topological polar surface area (TPSA) is 76.5 Å². The van der Waals surface area contributed by atoms with E-state index >= 15 is 0 Å². The molecule has 1 atom stereocenters. The van der Waals surface area contributed by atoms with E-state index in [4.69, 9.17) is 0 Å². The van der Waals surface area contributed by atoms with Crippen LogP contribution in [0.2, 0.25) is 0 Å². The van der Waals surface area contributed by atoms with Crippen molar-refractivity contribution in [1.29, 1.82) is 0 Å². The molecule has 0 aliphatic heterocycles. The minimum absolute atomic E-state index is 0.0497. The molecular formula is C16H14N2O3S3. The Morgan fingerprint density at radius 3 is 2.29 bits per heavy atom. The molecule has 0 bridgehead atoms. The zero-order chi connectivity index (χ0) is 17.2. The number of pyridine rings is 1. The van der Waals surface area contributed by atoms with Crippen molar-refractivity contribution in [3.8, 4) is 10.6 Å². The molecule has 0 radical (unpaired) electrons. The van der Waals surface area contributed by atoms with Gasteiger partial charge in [0.25, 0.3) is 10.0 Å². The lowest BCUT2D eigenvalue weighted by molar-refractivity contribution is 0.600. The van der Waals surface area contributed by atoms with E-state index < -0.39 is 19.8 Å². The van der Waals surface area contributed by atoms with Crippen molar-refractivity contribution in [2.24, 2.45) is 3.77 Å². The number of thiophene rings is 1. The normalized spacial score (nSPS) is 14.0. The summed E-state index contributed by atoms with van der Waals surface area (Å²) in [6.45, 7) is 0. The highest BCUT2D eigenvalue weighted by molar-refractivity contribution is 8.03. The minimum Gasteiger partial charge on any atom is -0.255 e. The van der Waals surface area contributed by atoms with Crippen molar-refractivity contribution in [3.63, 3.8) is 0 Å². The fraction of sp³-hybridized carbons (Fsp3) is 0.0625. The van der Waals surface area contributed by atoms with Gasteiger partial charge in [0.15, 0.2) is 0 Å². The van der Waals surface area contributed by atoms with Gasteiger partial charge in [-0.2, -0.15) is 8.42 Å².